The molecule has 1 aliphatic heterocycles. The molecule has 1 aliphatic rings. The number of amides is 1. The first-order chi connectivity index (χ1) is 17.0. The minimum Gasteiger partial charge on any atom is -0.457 e. The zero-order valence-corrected chi connectivity index (χ0v) is 20.0. The standard InChI is InChI=1S/C24H18Cl2F3N3O4/c25-16-2-5-18(19(26)14-16)22-7-3-17(36-22)4-8-23(33)31-11-9-30(10-12-31)20-6-1-15(24(27,28)29)13-21(20)32(34)35/h1-8,13-14H,9-12H2/b8-4+. The van der Waals surface area contributed by atoms with Gasteiger partial charge in [-0.2, -0.15) is 13.2 Å². The number of carbonyl (C=O) groups excluding carboxylic acids is 1. The molecule has 1 saturated heterocycles. The van der Waals surface area contributed by atoms with Crippen molar-refractivity contribution in [2.45, 2.75) is 6.18 Å². The van der Waals surface area contributed by atoms with Gasteiger partial charge >= 0.3 is 6.18 Å². The second kappa shape index (κ2) is 10.2. The number of rotatable bonds is 5. The highest BCUT2D eigenvalue weighted by Crippen LogP contribution is 2.37. The normalized spacial score (nSPS) is 14.5. The molecule has 0 N–H and O–H groups in total. The summed E-state index contributed by atoms with van der Waals surface area (Å²) in [6, 6.07) is 10.9. The van der Waals surface area contributed by atoms with Crippen LogP contribution in [0.4, 0.5) is 24.5 Å². The molecule has 0 spiro atoms. The lowest BCUT2D eigenvalue weighted by Gasteiger charge is -2.35. The number of halogens is 5. The highest BCUT2D eigenvalue weighted by atomic mass is 35.5. The van der Waals surface area contributed by atoms with E-state index in [0.717, 1.165) is 12.1 Å². The molecule has 1 aromatic heterocycles. The molecular formula is C24H18Cl2F3N3O4. The van der Waals surface area contributed by atoms with E-state index in [1.54, 1.807) is 40.1 Å². The summed E-state index contributed by atoms with van der Waals surface area (Å²) in [7, 11) is 0. The fraction of sp³-hybridized carbons (Fsp3) is 0.208. The number of nitrogens with zero attached hydrogens (tertiary/aromatic N) is 3. The molecule has 36 heavy (non-hydrogen) atoms. The van der Waals surface area contributed by atoms with Crippen LogP contribution in [0.25, 0.3) is 17.4 Å². The largest absolute Gasteiger partial charge is 0.457 e. The Morgan fingerprint density at radius 3 is 2.39 bits per heavy atom. The molecule has 2 aromatic carbocycles. The maximum Gasteiger partial charge on any atom is 0.416 e. The summed E-state index contributed by atoms with van der Waals surface area (Å²) in [6.45, 7) is 0.938. The first-order valence-corrected chi connectivity index (χ1v) is 11.4. The van der Waals surface area contributed by atoms with Crippen molar-refractivity contribution in [3.05, 3.63) is 86.1 Å². The summed E-state index contributed by atoms with van der Waals surface area (Å²) >= 11 is 12.1. The van der Waals surface area contributed by atoms with Gasteiger partial charge in [0.2, 0.25) is 5.91 Å². The van der Waals surface area contributed by atoms with Crippen molar-refractivity contribution >= 4 is 46.6 Å². The molecule has 12 heteroatoms. The van der Waals surface area contributed by atoms with E-state index in [9.17, 15) is 28.1 Å². The van der Waals surface area contributed by atoms with Crippen molar-refractivity contribution in [2.75, 3.05) is 31.1 Å². The number of benzene rings is 2. The number of alkyl halides is 3. The van der Waals surface area contributed by atoms with Crippen molar-refractivity contribution in [2.24, 2.45) is 0 Å². The van der Waals surface area contributed by atoms with Gasteiger partial charge in [-0.15, -0.1) is 0 Å². The van der Waals surface area contributed by atoms with E-state index in [0.29, 0.717) is 33.2 Å². The van der Waals surface area contributed by atoms with Gasteiger partial charge in [-0.05, 0) is 48.5 Å². The van der Waals surface area contributed by atoms with Crippen molar-refractivity contribution in [1.29, 1.82) is 0 Å². The first kappa shape index (κ1) is 25.6. The number of hydrogen-bond acceptors (Lipinski definition) is 5. The van der Waals surface area contributed by atoms with Crippen LogP contribution in [-0.4, -0.2) is 41.9 Å². The fourth-order valence-electron chi connectivity index (χ4n) is 3.82. The number of furan rings is 1. The topological polar surface area (TPSA) is 79.8 Å². The molecule has 0 saturated carbocycles. The van der Waals surface area contributed by atoms with E-state index >= 15 is 0 Å². The van der Waals surface area contributed by atoms with Gasteiger partial charge in [0.25, 0.3) is 5.69 Å². The van der Waals surface area contributed by atoms with Crippen LogP contribution in [0.5, 0.6) is 0 Å². The lowest BCUT2D eigenvalue weighted by molar-refractivity contribution is -0.384. The van der Waals surface area contributed by atoms with E-state index in [1.165, 1.54) is 12.2 Å². The average molecular weight is 540 g/mol. The molecule has 1 amide bonds. The minimum atomic E-state index is -4.68. The monoisotopic (exact) mass is 539 g/mol. The molecule has 2 heterocycles. The highest BCUT2D eigenvalue weighted by Gasteiger charge is 2.34. The molecule has 0 aliphatic carbocycles. The summed E-state index contributed by atoms with van der Waals surface area (Å²) in [5.74, 6) is 0.651. The third-order valence-electron chi connectivity index (χ3n) is 5.65. The van der Waals surface area contributed by atoms with Crippen LogP contribution in [0.15, 0.2) is 59.0 Å². The van der Waals surface area contributed by atoms with Crippen LogP contribution >= 0.6 is 23.2 Å². The predicted octanol–water partition coefficient (Wildman–Crippen LogP) is 6.54. The van der Waals surface area contributed by atoms with E-state index < -0.39 is 22.4 Å². The summed E-state index contributed by atoms with van der Waals surface area (Å²) in [5.41, 5.74) is -0.977. The molecule has 0 radical (unpaired) electrons. The molecule has 4 rings (SSSR count). The third kappa shape index (κ3) is 5.66. The van der Waals surface area contributed by atoms with Gasteiger partial charge in [-0.25, -0.2) is 0 Å². The summed E-state index contributed by atoms with van der Waals surface area (Å²) in [5, 5.41) is 12.3. The molecule has 0 unspecified atom stereocenters. The summed E-state index contributed by atoms with van der Waals surface area (Å²) < 4.78 is 44.6. The van der Waals surface area contributed by atoms with Gasteiger partial charge in [0.1, 0.15) is 17.2 Å². The summed E-state index contributed by atoms with van der Waals surface area (Å²) in [6.07, 6.45) is -1.82. The number of hydrogen-bond donors (Lipinski definition) is 0. The van der Waals surface area contributed by atoms with Gasteiger partial charge in [-0.3, -0.25) is 14.9 Å². The van der Waals surface area contributed by atoms with Gasteiger partial charge < -0.3 is 14.2 Å². The number of carbonyl (C=O) groups is 1. The Hall–Kier alpha value is -3.50. The van der Waals surface area contributed by atoms with Crippen molar-refractivity contribution in [3.8, 4) is 11.3 Å². The average Bonchev–Trinajstić information content (AvgIpc) is 3.30. The molecule has 188 valence electrons. The minimum absolute atomic E-state index is 0.0830. The van der Waals surface area contributed by atoms with Crippen molar-refractivity contribution in [3.63, 3.8) is 0 Å². The van der Waals surface area contributed by atoms with E-state index in [1.807, 2.05) is 0 Å². The summed E-state index contributed by atoms with van der Waals surface area (Å²) in [4.78, 5) is 26.3. The Morgan fingerprint density at radius 1 is 1.03 bits per heavy atom. The fourth-order valence-corrected chi connectivity index (χ4v) is 4.32. The molecule has 0 atom stereocenters. The van der Waals surface area contributed by atoms with Gasteiger partial charge in [0.15, 0.2) is 0 Å². The zero-order chi connectivity index (χ0) is 26.0. The van der Waals surface area contributed by atoms with Crippen LogP contribution in [-0.2, 0) is 11.0 Å². The zero-order valence-electron chi connectivity index (χ0n) is 18.5. The molecule has 0 bridgehead atoms. The van der Waals surface area contributed by atoms with E-state index in [-0.39, 0.29) is 37.8 Å². The highest BCUT2D eigenvalue weighted by molar-refractivity contribution is 6.36. The number of nitro benzene ring substituents is 1. The second-order valence-corrected chi connectivity index (χ2v) is 8.77. The van der Waals surface area contributed by atoms with Crippen LogP contribution in [0, 0.1) is 10.1 Å². The smallest absolute Gasteiger partial charge is 0.416 e. The van der Waals surface area contributed by atoms with Crippen molar-refractivity contribution in [1.82, 2.24) is 4.90 Å². The van der Waals surface area contributed by atoms with E-state index in [4.69, 9.17) is 27.6 Å². The van der Waals surface area contributed by atoms with Crippen LogP contribution in [0.2, 0.25) is 10.0 Å². The molecule has 7 nitrogen and oxygen atoms in total. The molecular weight excluding hydrogens is 522 g/mol. The van der Waals surface area contributed by atoms with Crippen molar-refractivity contribution < 1.29 is 27.3 Å². The lowest BCUT2D eigenvalue weighted by atomic mass is 10.1. The second-order valence-electron chi connectivity index (χ2n) is 7.93. The lowest BCUT2D eigenvalue weighted by Crippen LogP contribution is -2.48. The molecule has 1 fully saturated rings. The first-order valence-electron chi connectivity index (χ1n) is 10.7. The third-order valence-corrected chi connectivity index (χ3v) is 6.19. The molecule has 3 aromatic rings. The SMILES string of the molecule is O=C(/C=C/c1ccc(-c2ccc(Cl)cc2Cl)o1)N1CCN(c2ccc(C(F)(F)F)cc2[N+](=O)[O-])CC1. The maximum absolute atomic E-state index is 13.0. The van der Waals surface area contributed by atoms with Gasteiger partial charge in [0, 0.05) is 48.9 Å². The Kier molecular flexibility index (Phi) is 7.28. The van der Waals surface area contributed by atoms with Crippen LogP contribution in [0.1, 0.15) is 11.3 Å². The number of nitro groups is 1. The maximum atomic E-state index is 13.0. The number of anilines is 1. The quantitative estimate of drug-likeness (QED) is 0.209. The van der Waals surface area contributed by atoms with Crippen LogP contribution < -0.4 is 4.90 Å². The Morgan fingerprint density at radius 2 is 1.75 bits per heavy atom. The Balaban J connectivity index is 1.40. The van der Waals surface area contributed by atoms with Gasteiger partial charge in [0.05, 0.1) is 15.5 Å². The number of piperazine rings is 1. The van der Waals surface area contributed by atoms with E-state index in [2.05, 4.69) is 0 Å². The Labute approximate surface area is 213 Å². The predicted molar refractivity (Wildman–Crippen MR) is 130 cm³/mol. The Bertz CT molecular complexity index is 1330. The van der Waals surface area contributed by atoms with Crippen LogP contribution in [0.3, 0.4) is 0 Å². The van der Waals surface area contributed by atoms with Gasteiger partial charge in [-0.1, -0.05) is 23.2 Å².